The SMILES string of the molecule is CC(C)(C)OC(=O)N[C@@H]1CCCCC/C=C\[C@@H]2C[C@@]2(C(=O)O)NC(=O)[C@@H]2[C@H]3CN(C(=O)c4[nH]c5ccccc5c4-c4ccc(F)cc4)C[C@H]3CN2C1=O. The molecule has 53 heavy (non-hydrogen) atoms. The summed E-state index contributed by atoms with van der Waals surface area (Å²) in [6.07, 6.45) is 6.61. The number of carboxylic acid groups (broad SMARTS) is 1. The van der Waals surface area contributed by atoms with Crippen LogP contribution in [0.4, 0.5) is 9.18 Å². The second kappa shape index (κ2) is 14.0. The quantitative estimate of drug-likeness (QED) is 0.267. The maximum absolute atomic E-state index is 14.4. The number of alkyl carbamates (subject to hydrolysis) is 1. The number of aliphatic carboxylic acids is 1. The molecule has 280 valence electrons. The van der Waals surface area contributed by atoms with Gasteiger partial charge in [0.1, 0.15) is 34.7 Å². The fourth-order valence-corrected chi connectivity index (χ4v) is 8.36. The number of carbonyl (C=O) groups is 5. The van der Waals surface area contributed by atoms with E-state index < -0.39 is 58.8 Å². The molecular formula is C40H46FN5O7. The number of rotatable bonds is 4. The number of hydrogen-bond acceptors (Lipinski definition) is 6. The lowest BCUT2D eigenvalue weighted by molar-refractivity contribution is -0.146. The average molecular weight is 728 g/mol. The summed E-state index contributed by atoms with van der Waals surface area (Å²) in [7, 11) is 0. The van der Waals surface area contributed by atoms with Gasteiger partial charge in [0.05, 0.1) is 0 Å². The molecule has 1 aromatic heterocycles. The Morgan fingerprint density at radius 2 is 1.75 bits per heavy atom. The van der Waals surface area contributed by atoms with Crippen LogP contribution < -0.4 is 10.6 Å². The number of ether oxygens (including phenoxy) is 1. The highest BCUT2D eigenvalue weighted by Gasteiger charge is 2.62. The van der Waals surface area contributed by atoms with Crippen molar-refractivity contribution < 1.29 is 38.2 Å². The number of fused-ring (bicyclic) bond motifs is 5. The molecule has 0 bridgehead atoms. The zero-order chi connectivity index (χ0) is 37.7. The van der Waals surface area contributed by atoms with E-state index in [0.717, 1.165) is 30.2 Å². The standard InChI is InChI=1S/C40H46FN5O7/c1-39(2,3)53-38(52)43-30-14-8-6-4-5-7-11-25-19-40(25,37(50)51)44-34(47)33-28-22-45(20-24(28)21-46(33)35(30)48)36(49)32-31(23-15-17-26(41)18-16-23)27-12-9-10-13-29(27)42-32/h7,9-13,15-18,24-25,28,30,33,42H,4-6,8,14,19-22H2,1-3H3,(H,43,52)(H,44,47)(H,50,51)/b11-7-/t24-,25+,28-,30+,33-,40+/m0/s1. The summed E-state index contributed by atoms with van der Waals surface area (Å²) in [6, 6.07) is 11.4. The number of nitrogens with one attached hydrogen (secondary N) is 3. The molecule has 0 unspecified atom stereocenters. The van der Waals surface area contributed by atoms with E-state index in [1.54, 1.807) is 37.8 Å². The van der Waals surface area contributed by atoms with Gasteiger partial charge in [-0.05, 0) is 70.2 Å². The van der Waals surface area contributed by atoms with Crippen LogP contribution >= 0.6 is 0 Å². The second-order valence-electron chi connectivity index (χ2n) is 15.8. The average Bonchev–Trinajstić information content (AvgIpc) is 3.36. The third-order valence-electron chi connectivity index (χ3n) is 11.0. The third kappa shape index (κ3) is 7.13. The van der Waals surface area contributed by atoms with Gasteiger partial charge in [-0.3, -0.25) is 14.4 Å². The molecule has 4 heterocycles. The number of allylic oxidation sites excluding steroid dienone is 1. The van der Waals surface area contributed by atoms with E-state index in [1.165, 1.54) is 17.0 Å². The second-order valence-corrected chi connectivity index (χ2v) is 15.8. The molecular weight excluding hydrogens is 681 g/mol. The maximum Gasteiger partial charge on any atom is 0.408 e. The molecule has 2 saturated heterocycles. The lowest BCUT2D eigenvalue weighted by atomic mass is 9.93. The summed E-state index contributed by atoms with van der Waals surface area (Å²) in [5, 5.41) is 16.7. The maximum atomic E-state index is 14.4. The van der Waals surface area contributed by atoms with Crippen LogP contribution in [0, 0.1) is 23.6 Å². The number of likely N-dealkylation sites (tertiary alicyclic amines) is 1. The monoisotopic (exact) mass is 727 g/mol. The van der Waals surface area contributed by atoms with Crippen LogP contribution in [0.1, 0.15) is 69.8 Å². The largest absolute Gasteiger partial charge is 0.479 e. The van der Waals surface area contributed by atoms with Crippen LogP contribution in [0.15, 0.2) is 60.7 Å². The molecule has 13 heteroatoms. The molecule has 6 atom stereocenters. The summed E-state index contributed by atoms with van der Waals surface area (Å²) in [4.78, 5) is 75.2. The Bertz CT molecular complexity index is 1970. The van der Waals surface area contributed by atoms with Crippen LogP contribution in [-0.2, 0) is 19.1 Å². The molecule has 1 aliphatic carbocycles. The van der Waals surface area contributed by atoms with Crippen molar-refractivity contribution >= 4 is 40.7 Å². The van der Waals surface area contributed by atoms with Crippen molar-refractivity contribution in [2.45, 2.75) is 82.5 Å². The number of benzene rings is 2. The van der Waals surface area contributed by atoms with E-state index in [2.05, 4.69) is 15.6 Å². The number of hydrogen-bond donors (Lipinski definition) is 4. The molecule has 4 aliphatic rings. The van der Waals surface area contributed by atoms with E-state index in [1.807, 2.05) is 36.4 Å². The Balaban J connectivity index is 1.20. The smallest absolute Gasteiger partial charge is 0.408 e. The van der Waals surface area contributed by atoms with E-state index in [4.69, 9.17) is 4.74 Å². The van der Waals surface area contributed by atoms with Gasteiger partial charge in [0, 0.05) is 53.9 Å². The number of H-pyrrole nitrogens is 1. The van der Waals surface area contributed by atoms with Gasteiger partial charge in [0.15, 0.2) is 0 Å². The number of carbonyl (C=O) groups excluding carboxylic acids is 4. The molecule has 4 amide bonds. The van der Waals surface area contributed by atoms with Crippen molar-refractivity contribution in [3.63, 3.8) is 0 Å². The molecule has 7 rings (SSSR count). The first-order chi connectivity index (χ1) is 25.3. The van der Waals surface area contributed by atoms with E-state index in [0.29, 0.717) is 29.7 Å². The predicted molar refractivity (Wildman–Crippen MR) is 194 cm³/mol. The Morgan fingerprint density at radius 3 is 2.49 bits per heavy atom. The van der Waals surface area contributed by atoms with E-state index >= 15 is 0 Å². The minimum absolute atomic E-state index is 0.136. The van der Waals surface area contributed by atoms with E-state index in [-0.39, 0.29) is 43.8 Å². The molecule has 0 radical (unpaired) electrons. The normalized spacial score (nSPS) is 28.2. The fourth-order valence-electron chi connectivity index (χ4n) is 8.36. The minimum atomic E-state index is -1.49. The van der Waals surface area contributed by atoms with Crippen molar-refractivity contribution in [1.29, 1.82) is 0 Å². The Labute approximate surface area is 307 Å². The van der Waals surface area contributed by atoms with Crippen molar-refractivity contribution in [2.24, 2.45) is 17.8 Å². The molecule has 2 aromatic carbocycles. The summed E-state index contributed by atoms with van der Waals surface area (Å²) < 4.78 is 19.4. The topological polar surface area (TPSA) is 161 Å². The number of aromatic nitrogens is 1. The number of amides is 4. The van der Waals surface area contributed by atoms with Crippen molar-refractivity contribution in [2.75, 3.05) is 19.6 Å². The van der Waals surface area contributed by atoms with Gasteiger partial charge < -0.3 is 35.3 Å². The molecule has 3 aliphatic heterocycles. The molecule has 4 N–H and O–H groups in total. The molecule has 12 nitrogen and oxygen atoms in total. The number of carboxylic acids is 1. The Morgan fingerprint density at radius 1 is 1.00 bits per heavy atom. The number of para-hydroxylation sites is 1. The van der Waals surface area contributed by atoms with Crippen LogP contribution in [0.5, 0.6) is 0 Å². The lowest BCUT2D eigenvalue weighted by Crippen LogP contribution is -2.58. The number of aromatic amines is 1. The van der Waals surface area contributed by atoms with Crippen LogP contribution in [-0.4, -0.2) is 92.5 Å². The highest BCUT2D eigenvalue weighted by molar-refractivity contribution is 6.10. The highest BCUT2D eigenvalue weighted by Crippen LogP contribution is 2.46. The lowest BCUT2D eigenvalue weighted by Gasteiger charge is -2.33. The van der Waals surface area contributed by atoms with Crippen molar-refractivity contribution in [3.05, 3.63) is 72.2 Å². The van der Waals surface area contributed by atoms with Gasteiger partial charge in [-0.15, -0.1) is 0 Å². The van der Waals surface area contributed by atoms with Gasteiger partial charge in [-0.25, -0.2) is 14.0 Å². The van der Waals surface area contributed by atoms with Crippen LogP contribution in [0.3, 0.4) is 0 Å². The van der Waals surface area contributed by atoms with Crippen molar-refractivity contribution in [3.8, 4) is 11.1 Å². The summed E-state index contributed by atoms with van der Waals surface area (Å²) in [6.45, 7) is 5.71. The Hall–Kier alpha value is -5.20. The van der Waals surface area contributed by atoms with E-state index in [9.17, 15) is 33.5 Å². The van der Waals surface area contributed by atoms with Gasteiger partial charge in [0.2, 0.25) is 11.8 Å². The third-order valence-corrected chi connectivity index (χ3v) is 11.0. The summed E-state index contributed by atoms with van der Waals surface area (Å²) in [5.74, 6) is -4.06. The van der Waals surface area contributed by atoms with Gasteiger partial charge in [-0.1, -0.05) is 55.3 Å². The molecule has 1 saturated carbocycles. The molecule has 0 spiro atoms. The highest BCUT2D eigenvalue weighted by atomic mass is 19.1. The van der Waals surface area contributed by atoms with Crippen LogP contribution in [0.25, 0.3) is 22.0 Å². The number of halogens is 1. The zero-order valence-electron chi connectivity index (χ0n) is 30.2. The summed E-state index contributed by atoms with van der Waals surface area (Å²) in [5.41, 5.74) is 0.0885. The summed E-state index contributed by atoms with van der Waals surface area (Å²) >= 11 is 0. The van der Waals surface area contributed by atoms with Gasteiger partial charge >= 0.3 is 12.1 Å². The minimum Gasteiger partial charge on any atom is -0.479 e. The first kappa shape index (κ1) is 36.2. The fraction of sp³-hybridized carbons (Fsp3) is 0.475. The van der Waals surface area contributed by atoms with Gasteiger partial charge in [0.25, 0.3) is 5.91 Å². The predicted octanol–water partition coefficient (Wildman–Crippen LogP) is 5.25. The first-order valence-electron chi connectivity index (χ1n) is 18.4. The van der Waals surface area contributed by atoms with Crippen LogP contribution in [0.2, 0.25) is 0 Å². The van der Waals surface area contributed by atoms with Crippen molar-refractivity contribution in [1.82, 2.24) is 25.4 Å². The number of nitrogens with zero attached hydrogens (tertiary/aromatic N) is 2. The molecule has 3 fully saturated rings. The van der Waals surface area contributed by atoms with Gasteiger partial charge in [-0.2, -0.15) is 0 Å². The zero-order valence-corrected chi connectivity index (χ0v) is 30.2. The molecule has 3 aromatic rings. The Kier molecular flexibility index (Phi) is 9.54. The first-order valence-corrected chi connectivity index (χ1v) is 18.4.